The maximum atomic E-state index is 15.2. The monoisotopic (exact) mass is 1550 g/mol. The van der Waals surface area contributed by atoms with Crippen molar-refractivity contribution in [3.05, 3.63) is 144 Å². The minimum absolute atomic E-state index is 0.00534. The molecule has 0 unspecified atom stereocenters. The number of carbonyl (C=O) groups is 11. The molecule has 32 heteroatoms. The third-order valence-corrected chi connectivity index (χ3v) is 18.5. The molecule has 17 N–H and O–H groups in total. The van der Waals surface area contributed by atoms with E-state index in [1.54, 1.807) is 12.1 Å². The largest absolute Gasteiger partial charge is 0.508 e. The van der Waals surface area contributed by atoms with E-state index in [9.17, 15) is 57.8 Å². The Morgan fingerprint density at radius 2 is 0.964 bits per heavy atom. The van der Waals surface area contributed by atoms with E-state index < -0.39 is 138 Å². The number of benzene rings is 4. The highest BCUT2D eigenvalue weighted by atomic mass is 19.1. The Hall–Kier alpha value is -11.3. The number of pyridine rings is 1. The molecule has 0 saturated carbocycles. The van der Waals surface area contributed by atoms with Gasteiger partial charge in [0.2, 0.25) is 65.0 Å². The number of guanidine groups is 2. The summed E-state index contributed by atoms with van der Waals surface area (Å²) in [6.07, 6.45) is 4.48. The number of aliphatic hydroxyl groups is 1. The molecular formula is C80H113FN18O13. The van der Waals surface area contributed by atoms with Crippen molar-refractivity contribution in [1.29, 1.82) is 0 Å². The number of aliphatic hydroxyl groups excluding tert-OH is 1. The topological polar surface area (TPSA) is 451 Å². The van der Waals surface area contributed by atoms with Crippen molar-refractivity contribution < 1.29 is 67.3 Å². The van der Waals surface area contributed by atoms with Gasteiger partial charge in [-0.15, -0.1) is 0 Å². The molecule has 1 fully saturated rings. The molecule has 1 aliphatic heterocycles. The Morgan fingerprint density at radius 3 is 1.47 bits per heavy atom. The van der Waals surface area contributed by atoms with E-state index in [0.29, 0.717) is 92.6 Å². The second-order valence-corrected chi connectivity index (χ2v) is 28.0. The van der Waals surface area contributed by atoms with Gasteiger partial charge in [-0.3, -0.25) is 67.7 Å². The van der Waals surface area contributed by atoms with Crippen LogP contribution in [0.4, 0.5) is 4.39 Å². The summed E-state index contributed by atoms with van der Waals surface area (Å²) in [6.45, 7) is 16.2. The van der Waals surface area contributed by atoms with E-state index in [-0.39, 0.29) is 82.5 Å². The number of phenols is 1. The molecule has 1 aromatic heterocycles. The van der Waals surface area contributed by atoms with Crippen LogP contribution in [0.5, 0.6) is 5.75 Å². The SMILES string of the molecule is CCNC(=NCCCC[C@@H](NC(=O)[C@H](Cc1ccc(O)cc1)NC(=O)[C@H](CO)NC(=O)[C@@H](Cc1cccnc1)NC(=O)[C@@H](Cc1ccc(F)cc1)NC(=O)[C@@H](Cc1ccc2ccccc2c1)NC(C)=O)C(=O)N[C@@H](CC(C)C)C(=O)N[C@H](CCCCN=C(NCC)NCC)C(=O)N1CCC[C@H]1C(=O)N[C@H](C)C(N)=O)NCC. The van der Waals surface area contributed by atoms with E-state index >= 15 is 9.59 Å². The zero-order valence-electron chi connectivity index (χ0n) is 65.3. The molecule has 0 spiro atoms. The lowest BCUT2D eigenvalue weighted by Crippen LogP contribution is -2.61. The third kappa shape index (κ3) is 30.2. The molecular weight excluding hydrogens is 1440 g/mol. The highest BCUT2D eigenvalue weighted by Gasteiger charge is 2.40. The summed E-state index contributed by atoms with van der Waals surface area (Å²) in [4.78, 5) is 172. The first-order valence-corrected chi connectivity index (χ1v) is 38.6. The number of halogens is 1. The number of aromatic nitrogens is 1. The van der Waals surface area contributed by atoms with Crippen LogP contribution in [0.15, 0.2) is 126 Å². The number of rotatable bonds is 44. The van der Waals surface area contributed by atoms with Gasteiger partial charge in [0.05, 0.1) is 6.61 Å². The number of hydrogen-bond acceptors (Lipinski definition) is 16. The molecule has 31 nitrogen and oxygen atoms in total. The number of nitrogens with zero attached hydrogens (tertiary/aromatic N) is 4. The van der Waals surface area contributed by atoms with Gasteiger partial charge in [0.1, 0.15) is 72.0 Å². The van der Waals surface area contributed by atoms with Crippen molar-refractivity contribution in [1.82, 2.24) is 79.0 Å². The van der Waals surface area contributed by atoms with Crippen LogP contribution in [0.2, 0.25) is 0 Å². The van der Waals surface area contributed by atoms with Crippen LogP contribution in [0.25, 0.3) is 10.8 Å². The first kappa shape index (κ1) is 89.6. The highest BCUT2D eigenvalue weighted by molar-refractivity contribution is 5.99. The van der Waals surface area contributed by atoms with E-state index in [4.69, 9.17) is 5.73 Å². The minimum atomic E-state index is -1.84. The Morgan fingerprint density at radius 1 is 0.518 bits per heavy atom. The van der Waals surface area contributed by atoms with Crippen LogP contribution in [0.1, 0.15) is 135 Å². The number of phenolic OH excluding ortho intramolecular Hbond substituents is 1. The number of primary amides is 1. The Bertz CT molecular complexity index is 3970. The number of amides is 11. The maximum absolute atomic E-state index is 15.2. The third-order valence-electron chi connectivity index (χ3n) is 18.5. The summed E-state index contributed by atoms with van der Waals surface area (Å²) in [5.74, 6) is -8.55. The molecule has 5 aromatic rings. The fraction of sp³-hybridized carbons (Fsp3) is 0.500. The van der Waals surface area contributed by atoms with Gasteiger partial charge >= 0.3 is 0 Å². The van der Waals surface area contributed by atoms with E-state index in [1.807, 2.05) is 84.0 Å². The van der Waals surface area contributed by atoms with Crippen LogP contribution in [0.3, 0.4) is 0 Å². The molecule has 6 rings (SSSR count). The van der Waals surface area contributed by atoms with Gasteiger partial charge in [0.15, 0.2) is 11.9 Å². The van der Waals surface area contributed by atoms with Crippen LogP contribution in [-0.4, -0.2) is 210 Å². The van der Waals surface area contributed by atoms with Crippen LogP contribution in [-0.2, 0) is 78.4 Å². The lowest BCUT2D eigenvalue weighted by molar-refractivity contribution is -0.142. The van der Waals surface area contributed by atoms with Crippen molar-refractivity contribution in [2.45, 2.75) is 199 Å². The predicted octanol–water partition coefficient (Wildman–Crippen LogP) is 1.76. The quantitative estimate of drug-likeness (QED) is 0.0150. The molecule has 10 atom stereocenters. The van der Waals surface area contributed by atoms with Gasteiger partial charge in [0, 0.05) is 90.8 Å². The molecule has 0 bridgehead atoms. The summed E-state index contributed by atoms with van der Waals surface area (Å²) in [6, 6.07) is 13.5. The molecule has 1 saturated heterocycles. The van der Waals surface area contributed by atoms with Crippen molar-refractivity contribution in [3.63, 3.8) is 0 Å². The number of fused-ring (bicyclic) bond motifs is 1. The normalized spacial score (nSPS) is 14.8. The van der Waals surface area contributed by atoms with Crippen molar-refractivity contribution in [2.75, 3.05) is 52.4 Å². The average Bonchev–Trinajstić information content (AvgIpc) is 1.57. The molecule has 112 heavy (non-hydrogen) atoms. The van der Waals surface area contributed by atoms with E-state index in [0.717, 1.165) is 10.8 Å². The van der Waals surface area contributed by atoms with Gasteiger partial charge < -0.3 is 90.0 Å². The number of aromatic hydroxyl groups is 1. The second kappa shape index (κ2) is 47.0. The first-order valence-electron chi connectivity index (χ1n) is 38.6. The van der Waals surface area contributed by atoms with Crippen LogP contribution >= 0.6 is 0 Å². The van der Waals surface area contributed by atoms with Gasteiger partial charge in [-0.05, 0) is 162 Å². The average molecular weight is 1550 g/mol. The standard InChI is InChI=1S/C80H113FN18O13/c1-9-84-79(85-10-2)88-38-17-15-24-60(70(104)94-62(41-49(5)6)71(105)93-61(25-16-18-39-89-80(86-11-3)87-12-4)78(112)99-40-20-26-68(99)77(111)90-50(7)69(82)103)92-73(107)64(44-53-30-35-59(102)36-31-53)97-76(110)67(48-100)98-75(109)66(46-55-21-19-37-83-47-55)96-74(108)65(43-52-28-33-58(81)34-29-52)95-72(106)63(91-51(8)101)45-54-27-32-56-22-13-14-23-57(56)42-54/h13-14,19,21-23,27-37,42,47,49-50,60-68,100,102H,9-12,15-18,20,24-26,38-41,43-46,48H2,1-8H3,(H2,82,103)(H,90,111)(H,91,101)(H,92,107)(H,93,105)(H,94,104)(H,95,106)(H,96,108)(H,97,110)(H,98,109)(H2,84,85,88)(H2,86,87,89)/t50-,60-,61-,62+,63-,64+,65-,66-,67+,68+/m1/s1. The summed E-state index contributed by atoms with van der Waals surface area (Å²) < 4.78 is 14.3. The summed E-state index contributed by atoms with van der Waals surface area (Å²) in [5.41, 5.74) is 7.38. The summed E-state index contributed by atoms with van der Waals surface area (Å²) in [5, 5.41) is 60.2. The Balaban J connectivity index is 1.29. The van der Waals surface area contributed by atoms with E-state index in [1.165, 1.54) is 79.7 Å². The lowest BCUT2D eigenvalue weighted by Gasteiger charge is -2.31. The minimum Gasteiger partial charge on any atom is -0.508 e. The lowest BCUT2D eigenvalue weighted by atomic mass is 9.99. The molecule has 608 valence electrons. The summed E-state index contributed by atoms with van der Waals surface area (Å²) >= 11 is 0. The summed E-state index contributed by atoms with van der Waals surface area (Å²) in [7, 11) is 0. The second-order valence-electron chi connectivity index (χ2n) is 28.0. The first-order chi connectivity index (χ1) is 53.7. The Labute approximate surface area is 653 Å². The number of nitrogens with one attached hydrogen (secondary N) is 13. The number of hydrogen-bond donors (Lipinski definition) is 16. The van der Waals surface area contributed by atoms with Crippen molar-refractivity contribution in [2.24, 2.45) is 21.6 Å². The highest BCUT2D eigenvalue weighted by Crippen LogP contribution is 2.23. The number of aliphatic imine (C=N–C) groups is 2. The molecule has 4 aromatic carbocycles. The predicted molar refractivity (Wildman–Crippen MR) is 424 cm³/mol. The molecule has 11 amide bonds. The molecule has 0 aliphatic carbocycles. The number of carbonyl (C=O) groups excluding carboxylic acids is 11. The molecule has 0 radical (unpaired) electrons. The zero-order valence-corrected chi connectivity index (χ0v) is 65.3. The number of nitrogens with two attached hydrogens (primary N) is 1. The van der Waals surface area contributed by atoms with Crippen LogP contribution in [0, 0.1) is 11.7 Å². The zero-order chi connectivity index (χ0) is 81.7. The van der Waals surface area contributed by atoms with Crippen molar-refractivity contribution >= 4 is 87.7 Å². The fourth-order valence-corrected chi connectivity index (χ4v) is 12.7. The van der Waals surface area contributed by atoms with Gasteiger partial charge in [-0.1, -0.05) is 86.6 Å². The van der Waals surface area contributed by atoms with E-state index in [2.05, 4.69) is 84.1 Å². The number of unbranched alkanes of at least 4 members (excludes halogenated alkanes) is 2. The number of likely N-dealkylation sites (tertiary alicyclic amines) is 1. The Kier molecular flexibility index (Phi) is 37.6. The fourth-order valence-electron chi connectivity index (χ4n) is 12.7. The van der Waals surface area contributed by atoms with Crippen molar-refractivity contribution in [3.8, 4) is 5.75 Å². The van der Waals surface area contributed by atoms with Crippen LogP contribution < -0.4 is 74.9 Å². The smallest absolute Gasteiger partial charge is 0.245 e. The molecule has 1 aliphatic rings. The molecule has 2 heterocycles. The van der Waals surface area contributed by atoms with Gasteiger partial charge in [-0.25, -0.2) is 4.39 Å². The van der Waals surface area contributed by atoms with Gasteiger partial charge in [0.25, 0.3) is 0 Å². The maximum Gasteiger partial charge on any atom is 0.245 e. The van der Waals surface area contributed by atoms with Gasteiger partial charge in [-0.2, -0.15) is 0 Å².